The minimum Gasteiger partial charge on any atom is -0.393 e. The fraction of sp³-hybridized carbons (Fsp3) is 0.462. The summed E-state index contributed by atoms with van der Waals surface area (Å²) in [4.78, 5) is 14.6. The Kier molecular flexibility index (Phi) is 3.74. The van der Waals surface area contributed by atoms with Crippen LogP contribution in [0, 0.1) is 5.92 Å². The molecule has 1 aromatic rings. The molecule has 92 valence electrons. The van der Waals surface area contributed by atoms with E-state index in [1.165, 1.54) is 0 Å². The van der Waals surface area contributed by atoms with Gasteiger partial charge in [-0.3, -0.25) is 4.79 Å². The second-order valence-corrected chi connectivity index (χ2v) is 5.18. The fourth-order valence-corrected chi connectivity index (χ4v) is 2.44. The third kappa shape index (κ3) is 2.82. The van der Waals surface area contributed by atoms with Crippen LogP contribution < -0.4 is 0 Å². The predicted molar refractivity (Wildman–Crippen MR) is 69.4 cm³/mol. The van der Waals surface area contributed by atoms with Gasteiger partial charge in [0.2, 0.25) is 0 Å². The van der Waals surface area contributed by atoms with E-state index in [0.717, 1.165) is 12.8 Å². The number of hydrogen-bond acceptors (Lipinski definition) is 3. The van der Waals surface area contributed by atoms with E-state index in [4.69, 9.17) is 0 Å². The summed E-state index contributed by atoms with van der Waals surface area (Å²) in [5.74, 6) is 0.433. The van der Waals surface area contributed by atoms with E-state index < -0.39 is 0 Å². The van der Waals surface area contributed by atoms with Gasteiger partial charge < -0.3 is 10.0 Å². The van der Waals surface area contributed by atoms with Gasteiger partial charge >= 0.3 is 0 Å². The molecule has 2 rings (SSSR count). The van der Waals surface area contributed by atoms with E-state index in [2.05, 4.69) is 12.6 Å². The van der Waals surface area contributed by atoms with E-state index >= 15 is 0 Å². The normalized spacial score (nSPS) is 23.0. The molecule has 0 bridgehead atoms. The fourth-order valence-electron chi connectivity index (χ4n) is 2.18. The number of aliphatic hydroxyl groups excluding tert-OH is 1. The zero-order chi connectivity index (χ0) is 12.4. The molecule has 1 N–H and O–H groups in total. The van der Waals surface area contributed by atoms with Crippen LogP contribution in [0.15, 0.2) is 29.2 Å². The lowest BCUT2D eigenvalue weighted by molar-refractivity contribution is 0.0264. The van der Waals surface area contributed by atoms with Crippen LogP contribution in [0.3, 0.4) is 0 Å². The summed E-state index contributed by atoms with van der Waals surface area (Å²) >= 11 is 4.29. The molecule has 4 heteroatoms. The molecule has 0 radical (unpaired) electrons. The van der Waals surface area contributed by atoms with Crippen molar-refractivity contribution in [2.75, 3.05) is 13.6 Å². The van der Waals surface area contributed by atoms with Crippen molar-refractivity contribution in [1.82, 2.24) is 4.90 Å². The van der Waals surface area contributed by atoms with Gasteiger partial charge in [0.25, 0.3) is 5.91 Å². The molecule has 1 aliphatic rings. The van der Waals surface area contributed by atoms with Crippen LogP contribution in [0.4, 0.5) is 0 Å². The third-order valence-corrected chi connectivity index (χ3v) is 3.61. The molecule has 0 aliphatic heterocycles. The van der Waals surface area contributed by atoms with Crippen molar-refractivity contribution in [1.29, 1.82) is 0 Å². The van der Waals surface area contributed by atoms with Crippen LogP contribution in [0.25, 0.3) is 0 Å². The highest BCUT2D eigenvalue weighted by Crippen LogP contribution is 2.28. The van der Waals surface area contributed by atoms with E-state index in [-0.39, 0.29) is 12.0 Å². The van der Waals surface area contributed by atoms with Gasteiger partial charge in [-0.05, 0) is 30.9 Å². The quantitative estimate of drug-likeness (QED) is 0.805. The minimum atomic E-state index is -0.166. The summed E-state index contributed by atoms with van der Waals surface area (Å²) in [7, 11) is 1.80. The summed E-state index contributed by atoms with van der Waals surface area (Å²) < 4.78 is 0. The zero-order valence-electron chi connectivity index (χ0n) is 9.84. The van der Waals surface area contributed by atoms with Crippen LogP contribution >= 0.6 is 12.6 Å². The number of carbonyl (C=O) groups is 1. The number of benzene rings is 1. The molecule has 0 spiro atoms. The molecule has 0 saturated heterocycles. The van der Waals surface area contributed by atoms with Crippen molar-refractivity contribution >= 4 is 18.5 Å². The molecule has 0 atom stereocenters. The van der Waals surface area contributed by atoms with Crippen molar-refractivity contribution in [2.45, 2.75) is 23.8 Å². The number of hydrogen-bond donors (Lipinski definition) is 2. The molecule has 1 amide bonds. The lowest BCUT2D eigenvalue weighted by Crippen LogP contribution is -2.39. The van der Waals surface area contributed by atoms with E-state index in [0.29, 0.717) is 22.9 Å². The Labute approximate surface area is 107 Å². The van der Waals surface area contributed by atoms with Gasteiger partial charge in [-0.25, -0.2) is 0 Å². The number of aliphatic hydroxyl groups is 1. The summed E-state index contributed by atoms with van der Waals surface area (Å²) in [6.07, 6.45) is 1.45. The first-order chi connectivity index (χ1) is 8.08. The molecule has 0 unspecified atom stereocenters. The maximum Gasteiger partial charge on any atom is 0.254 e. The van der Waals surface area contributed by atoms with Crippen LogP contribution in [-0.2, 0) is 0 Å². The lowest BCUT2D eigenvalue weighted by atomic mass is 9.82. The van der Waals surface area contributed by atoms with Gasteiger partial charge in [0.1, 0.15) is 0 Å². The SMILES string of the molecule is CN(CC1CC(O)C1)C(=O)c1ccccc1S. The van der Waals surface area contributed by atoms with Crippen LogP contribution in [0.1, 0.15) is 23.2 Å². The second-order valence-electron chi connectivity index (χ2n) is 4.69. The van der Waals surface area contributed by atoms with Gasteiger partial charge in [-0.15, -0.1) is 12.6 Å². The molecule has 0 heterocycles. The largest absolute Gasteiger partial charge is 0.393 e. The van der Waals surface area contributed by atoms with Gasteiger partial charge in [0.15, 0.2) is 0 Å². The average Bonchev–Trinajstić information content (AvgIpc) is 2.26. The van der Waals surface area contributed by atoms with Crippen LogP contribution in [-0.4, -0.2) is 35.6 Å². The van der Waals surface area contributed by atoms with Crippen molar-refractivity contribution in [2.24, 2.45) is 5.92 Å². The van der Waals surface area contributed by atoms with Crippen molar-refractivity contribution in [3.63, 3.8) is 0 Å². The van der Waals surface area contributed by atoms with E-state index in [1.807, 2.05) is 18.2 Å². The number of nitrogens with zero attached hydrogens (tertiary/aromatic N) is 1. The standard InChI is InChI=1S/C13H17NO2S/c1-14(8-9-6-10(15)7-9)13(16)11-4-2-3-5-12(11)17/h2-5,9-10,15,17H,6-8H2,1H3. The summed E-state index contributed by atoms with van der Waals surface area (Å²) in [5, 5.41) is 9.22. The van der Waals surface area contributed by atoms with E-state index in [1.54, 1.807) is 18.0 Å². The Balaban J connectivity index is 1.97. The number of thiol groups is 1. The van der Waals surface area contributed by atoms with Gasteiger partial charge in [0, 0.05) is 18.5 Å². The Morgan fingerprint density at radius 2 is 2.12 bits per heavy atom. The number of carbonyl (C=O) groups excluding carboxylic acids is 1. The lowest BCUT2D eigenvalue weighted by Gasteiger charge is -2.34. The average molecular weight is 251 g/mol. The molecule has 17 heavy (non-hydrogen) atoms. The first kappa shape index (κ1) is 12.5. The Hall–Kier alpha value is -1.00. The van der Waals surface area contributed by atoms with Crippen molar-refractivity contribution < 1.29 is 9.90 Å². The first-order valence-electron chi connectivity index (χ1n) is 5.79. The van der Waals surface area contributed by atoms with Crippen LogP contribution in [0.2, 0.25) is 0 Å². The second kappa shape index (κ2) is 5.10. The summed E-state index contributed by atoms with van der Waals surface area (Å²) in [6.45, 7) is 0.706. The van der Waals surface area contributed by atoms with Gasteiger partial charge in [-0.2, -0.15) is 0 Å². The summed E-state index contributed by atoms with van der Waals surface area (Å²) in [6, 6.07) is 7.31. The smallest absolute Gasteiger partial charge is 0.254 e. The molecular formula is C13H17NO2S. The van der Waals surface area contributed by atoms with Crippen molar-refractivity contribution in [3.8, 4) is 0 Å². The highest BCUT2D eigenvalue weighted by molar-refractivity contribution is 7.80. The first-order valence-corrected chi connectivity index (χ1v) is 6.24. The molecule has 3 nitrogen and oxygen atoms in total. The highest BCUT2D eigenvalue weighted by Gasteiger charge is 2.29. The molecule has 1 saturated carbocycles. The highest BCUT2D eigenvalue weighted by atomic mass is 32.1. The molecular weight excluding hydrogens is 234 g/mol. The Bertz CT molecular complexity index is 416. The summed E-state index contributed by atoms with van der Waals surface area (Å²) in [5.41, 5.74) is 0.637. The van der Waals surface area contributed by atoms with E-state index in [9.17, 15) is 9.90 Å². The number of rotatable bonds is 3. The van der Waals surface area contributed by atoms with Crippen LogP contribution in [0.5, 0.6) is 0 Å². The predicted octanol–water partition coefficient (Wildman–Crippen LogP) is 1.82. The monoisotopic (exact) mass is 251 g/mol. The Morgan fingerprint density at radius 1 is 1.47 bits per heavy atom. The van der Waals surface area contributed by atoms with Gasteiger partial charge in [-0.1, -0.05) is 12.1 Å². The molecule has 1 aliphatic carbocycles. The maximum absolute atomic E-state index is 12.1. The minimum absolute atomic E-state index is 0.00279. The zero-order valence-corrected chi connectivity index (χ0v) is 10.7. The van der Waals surface area contributed by atoms with Crippen molar-refractivity contribution in [3.05, 3.63) is 29.8 Å². The van der Waals surface area contributed by atoms with Gasteiger partial charge in [0.05, 0.1) is 11.7 Å². The maximum atomic E-state index is 12.1. The topological polar surface area (TPSA) is 40.5 Å². The molecule has 1 fully saturated rings. The molecule has 1 aromatic carbocycles. The molecule has 0 aromatic heterocycles. The third-order valence-electron chi connectivity index (χ3n) is 3.22. The number of amides is 1. The Morgan fingerprint density at radius 3 is 2.71 bits per heavy atom.